The Bertz CT molecular complexity index is 846. The Morgan fingerprint density at radius 2 is 2.08 bits per heavy atom. The minimum absolute atomic E-state index is 0.0329. The molecule has 0 saturated heterocycles. The first kappa shape index (κ1) is 17.6. The van der Waals surface area contributed by atoms with Crippen LogP contribution in [0.15, 0.2) is 35.4 Å². The molecule has 0 atom stereocenters. The summed E-state index contributed by atoms with van der Waals surface area (Å²) in [6, 6.07) is 9.31. The molecule has 0 fully saturated rings. The Labute approximate surface area is 142 Å². The summed E-state index contributed by atoms with van der Waals surface area (Å²) in [5.74, 6) is -1.14. The number of aryl methyl sites for hydroxylation is 1. The van der Waals surface area contributed by atoms with Crippen LogP contribution in [0.1, 0.15) is 28.5 Å². The number of hydrogen-bond acceptors (Lipinski definition) is 5. The highest BCUT2D eigenvalue weighted by atomic mass is 32.2. The average Bonchev–Trinajstić information content (AvgIpc) is 2.54. The molecule has 1 aromatic heterocycles. The number of carbonyl (C=O) groups excluding carboxylic acids is 2. The lowest BCUT2D eigenvalue weighted by atomic mass is 10.1. The highest BCUT2D eigenvalue weighted by Crippen LogP contribution is 2.23. The van der Waals surface area contributed by atoms with Gasteiger partial charge in [-0.05, 0) is 32.0 Å². The molecule has 5 nitrogen and oxygen atoms in total. The number of amides is 1. The quantitative estimate of drug-likeness (QED) is 0.665. The van der Waals surface area contributed by atoms with Crippen molar-refractivity contribution in [2.75, 3.05) is 11.1 Å². The van der Waals surface area contributed by atoms with E-state index < -0.39 is 11.7 Å². The topological polar surface area (TPSA) is 82.8 Å². The predicted octanol–water partition coefficient (Wildman–Crippen LogP) is 3.33. The second kappa shape index (κ2) is 7.70. The summed E-state index contributed by atoms with van der Waals surface area (Å²) in [6.45, 7) is 3.07. The third-order valence-electron chi connectivity index (χ3n) is 3.17. The van der Waals surface area contributed by atoms with Crippen molar-refractivity contribution >= 4 is 29.1 Å². The lowest BCUT2D eigenvalue weighted by Crippen LogP contribution is -2.15. The second-order valence-corrected chi connectivity index (χ2v) is 5.92. The van der Waals surface area contributed by atoms with E-state index in [1.165, 1.54) is 31.2 Å². The third-order valence-corrected chi connectivity index (χ3v) is 4.16. The lowest BCUT2D eigenvalue weighted by molar-refractivity contribution is -0.113. The molecular formula is C17H14FN3O2S. The Morgan fingerprint density at radius 1 is 1.38 bits per heavy atom. The summed E-state index contributed by atoms with van der Waals surface area (Å²) in [4.78, 5) is 27.7. The van der Waals surface area contributed by atoms with Gasteiger partial charge in [-0.25, -0.2) is 9.37 Å². The number of carbonyl (C=O) groups is 2. The Morgan fingerprint density at radius 3 is 2.71 bits per heavy atom. The van der Waals surface area contributed by atoms with Crippen molar-refractivity contribution in [1.29, 1.82) is 5.26 Å². The summed E-state index contributed by atoms with van der Waals surface area (Å²) in [5, 5.41) is 12.0. The molecule has 1 heterocycles. The number of halogens is 1. The highest BCUT2D eigenvalue weighted by Gasteiger charge is 2.14. The summed E-state index contributed by atoms with van der Waals surface area (Å²) >= 11 is 1.06. The second-order valence-electron chi connectivity index (χ2n) is 4.96. The monoisotopic (exact) mass is 343 g/mol. The van der Waals surface area contributed by atoms with Crippen molar-refractivity contribution in [2.24, 2.45) is 0 Å². The fourth-order valence-corrected chi connectivity index (χ4v) is 2.81. The van der Waals surface area contributed by atoms with E-state index in [0.717, 1.165) is 11.8 Å². The molecule has 24 heavy (non-hydrogen) atoms. The van der Waals surface area contributed by atoms with Gasteiger partial charge in [0.2, 0.25) is 5.91 Å². The van der Waals surface area contributed by atoms with E-state index in [-0.39, 0.29) is 22.8 Å². The number of ketones is 1. The van der Waals surface area contributed by atoms with E-state index >= 15 is 0 Å². The van der Waals surface area contributed by atoms with Crippen LogP contribution < -0.4 is 5.32 Å². The largest absolute Gasteiger partial charge is 0.323 e. The van der Waals surface area contributed by atoms with Gasteiger partial charge in [0.25, 0.3) is 0 Å². The van der Waals surface area contributed by atoms with Gasteiger partial charge in [-0.1, -0.05) is 23.9 Å². The number of para-hydroxylation sites is 1. The zero-order valence-electron chi connectivity index (χ0n) is 13.1. The zero-order valence-corrected chi connectivity index (χ0v) is 13.9. The van der Waals surface area contributed by atoms with E-state index in [0.29, 0.717) is 16.3 Å². The van der Waals surface area contributed by atoms with Crippen molar-refractivity contribution in [1.82, 2.24) is 4.98 Å². The van der Waals surface area contributed by atoms with Gasteiger partial charge in [0.05, 0.1) is 17.0 Å². The number of Topliss-reactive ketones (excluding diaryl/α,β-unsaturated/α-hetero) is 1. The van der Waals surface area contributed by atoms with Gasteiger partial charge in [0.1, 0.15) is 16.9 Å². The zero-order chi connectivity index (χ0) is 17.7. The number of rotatable bonds is 5. The first-order valence-corrected chi connectivity index (χ1v) is 8.00. The number of hydrogen-bond donors (Lipinski definition) is 1. The normalized spacial score (nSPS) is 10.1. The molecule has 7 heteroatoms. The molecule has 1 aromatic carbocycles. The number of nitriles is 1. The molecule has 0 saturated carbocycles. The van der Waals surface area contributed by atoms with Crippen LogP contribution in [0, 0.1) is 24.1 Å². The molecule has 122 valence electrons. The number of pyridine rings is 1. The fraction of sp³-hybridized carbons (Fsp3) is 0.176. The van der Waals surface area contributed by atoms with E-state index in [1.807, 2.05) is 6.07 Å². The Hall–Kier alpha value is -2.72. The van der Waals surface area contributed by atoms with Crippen LogP contribution in [0.5, 0.6) is 0 Å². The number of anilines is 1. The average molecular weight is 343 g/mol. The van der Waals surface area contributed by atoms with Crippen LogP contribution in [0.3, 0.4) is 0 Å². The summed E-state index contributed by atoms with van der Waals surface area (Å²) in [5.41, 5.74) is 1.21. The van der Waals surface area contributed by atoms with Crippen molar-refractivity contribution in [2.45, 2.75) is 18.9 Å². The fourth-order valence-electron chi connectivity index (χ4n) is 2.01. The predicted molar refractivity (Wildman–Crippen MR) is 89.4 cm³/mol. The summed E-state index contributed by atoms with van der Waals surface area (Å²) in [7, 11) is 0. The Kier molecular flexibility index (Phi) is 5.66. The lowest BCUT2D eigenvalue weighted by Gasteiger charge is -2.08. The number of aromatic nitrogens is 1. The number of nitrogens with zero attached hydrogens (tertiary/aromatic N) is 2. The SMILES string of the molecule is CC(=O)c1cc(C#N)c(SCC(=O)Nc2ccccc2F)nc1C. The number of nitrogens with one attached hydrogen (secondary N) is 1. The van der Waals surface area contributed by atoms with Crippen LogP contribution in [0.2, 0.25) is 0 Å². The van der Waals surface area contributed by atoms with Crippen LogP contribution in [0.4, 0.5) is 10.1 Å². The smallest absolute Gasteiger partial charge is 0.234 e. The molecule has 0 aliphatic heterocycles. The van der Waals surface area contributed by atoms with Crippen molar-refractivity contribution < 1.29 is 14.0 Å². The van der Waals surface area contributed by atoms with Crippen molar-refractivity contribution in [3.05, 3.63) is 53.0 Å². The Balaban J connectivity index is 2.10. The van der Waals surface area contributed by atoms with Crippen LogP contribution in [0.25, 0.3) is 0 Å². The molecular weight excluding hydrogens is 329 g/mol. The first-order chi connectivity index (χ1) is 11.4. The minimum Gasteiger partial charge on any atom is -0.323 e. The maximum Gasteiger partial charge on any atom is 0.234 e. The highest BCUT2D eigenvalue weighted by molar-refractivity contribution is 8.00. The minimum atomic E-state index is -0.520. The van der Waals surface area contributed by atoms with E-state index in [9.17, 15) is 19.2 Å². The molecule has 0 spiro atoms. The number of thioether (sulfide) groups is 1. The standard InChI is InChI=1S/C17H14FN3O2S/c1-10-13(11(2)22)7-12(8-19)17(20-10)24-9-16(23)21-15-6-4-3-5-14(15)18/h3-7H,9H2,1-2H3,(H,21,23). The van der Waals surface area contributed by atoms with Crippen LogP contribution in [-0.2, 0) is 4.79 Å². The van der Waals surface area contributed by atoms with Gasteiger partial charge in [-0.3, -0.25) is 9.59 Å². The van der Waals surface area contributed by atoms with Crippen molar-refractivity contribution in [3.8, 4) is 6.07 Å². The molecule has 2 rings (SSSR count). The van der Waals surface area contributed by atoms with E-state index in [1.54, 1.807) is 13.0 Å². The maximum absolute atomic E-state index is 13.5. The maximum atomic E-state index is 13.5. The van der Waals surface area contributed by atoms with E-state index in [4.69, 9.17) is 0 Å². The van der Waals surface area contributed by atoms with Crippen LogP contribution >= 0.6 is 11.8 Å². The molecule has 1 N–H and O–H groups in total. The summed E-state index contributed by atoms with van der Waals surface area (Å²) in [6.07, 6.45) is 0. The molecule has 0 bridgehead atoms. The molecule has 0 unspecified atom stereocenters. The third kappa shape index (κ3) is 4.18. The molecule has 0 radical (unpaired) electrons. The van der Waals surface area contributed by atoms with Gasteiger partial charge >= 0.3 is 0 Å². The van der Waals surface area contributed by atoms with Gasteiger partial charge in [-0.15, -0.1) is 0 Å². The summed E-state index contributed by atoms with van der Waals surface area (Å²) < 4.78 is 13.5. The molecule has 0 aliphatic rings. The van der Waals surface area contributed by atoms with Crippen molar-refractivity contribution in [3.63, 3.8) is 0 Å². The van der Waals surface area contributed by atoms with Crippen LogP contribution in [-0.4, -0.2) is 22.4 Å². The number of benzene rings is 1. The first-order valence-electron chi connectivity index (χ1n) is 7.02. The van der Waals surface area contributed by atoms with Gasteiger partial charge < -0.3 is 5.32 Å². The molecule has 2 aromatic rings. The van der Waals surface area contributed by atoms with Gasteiger partial charge in [-0.2, -0.15) is 5.26 Å². The molecule has 1 amide bonds. The van der Waals surface area contributed by atoms with Gasteiger partial charge in [0.15, 0.2) is 5.78 Å². The molecule has 0 aliphatic carbocycles. The van der Waals surface area contributed by atoms with Gasteiger partial charge in [0, 0.05) is 11.3 Å². The van der Waals surface area contributed by atoms with E-state index in [2.05, 4.69) is 10.3 Å².